The summed E-state index contributed by atoms with van der Waals surface area (Å²) in [7, 11) is 0. The van der Waals surface area contributed by atoms with Gasteiger partial charge >= 0.3 is 5.97 Å². The molecule has 0 radical (unpaired) electrons. The zero-order chi connectivity index (χ0) is 18.7. The molecule has 26 heavy (non-hydrogen) atoms. The fraction of sp³-hybridized carbons (Fsp3) is 0.0556. The van der Waals surface area contributed by atoms with Gasteiger partial charge in [0.1, 0.15) is 5.75 Å². The van der Waals surface area contributed by atoms with Crippen molar-refractivity contribution >= 4 is 72.4 Å². The van der Waals surface area contributed by atoms with Crippen molar-refractivity contribution in [1.82, 2.24) is 5.32 Å². The van der Waals surface area contributed by atoms with Crippen LogP contribution in [0.3, 0.4) is 0 Å². The first-order valence-electron chi connectivity index (χ1n) is 7.44. The second-order valence-electron chi connectivity index (χ2n) is 5.23. The lowest BCUT2D eigenvalue weighted by Crippen LogP contribution is -2.19. The van der Waals surface area contributed by atoms with Crippen LogP contribution in [0.25, 0.3) is 6.08 Å². The Morgan fingerprint density at radius 3 is 2.54 bits per heavy atom. The number of carbonyl (C=O) groups excluding carboxylic acids is 2. The van der Waals surface area contributed by atoms with Crippen LogP contribution in [-0.2, 0) is 9.59 Å². The Balaban J connectivity index is 1.88. The van der Waals surface area contributed by atoms with Crippen LogP contribution in [0.4, 0.5) is 5.69 Å². The number of hydrogen-bond donors (Lipinski definition) is 1. The zero-order valence-corrected chi connectivity index (χ0v) is 17.4. The molecule has 1 heterocycles. The van der Waals surface area contributed by atoms with Crippen LogP contribution in [0.5, 0.6) is 5.75 Å². The van der Waals surface area contributed by atoms with E-state index in [1.165, 1.54) is 18.7 Å². The summed E-state index contributed by atoms with van der Waals surface area (Å²) in [5.74, 6) is -0.285. The third-order valence-corrected chi connectivity index (χ3v) is 5.15. The van der Waals surface area contributed by atoms with Crippen molar-refractivity contribution in [2.75, 3.05) is 0 Å². The molecule has 1 amide bonds. The molecule has 1 N–H and O–H groups in total. The largest absolute Gasteiger partial charge is 0.426 e. The number of ether oxygens (including phenoxy) is 1. The maximum atomic E-state index is 12.2. The maximum Gasteiger partial charge on any atom is 0.308 e. The molecule has 0 bridgehead atoms. The fourth-order valence-corrected chi connectivity index (χ4v) is 3.61. The molecular weight excluding hydrogens is 484 g/mol. The van der Waals surface area contributed by atoms with Gasteiger partial charge in [0.05, 0.1) is 10.6 Å². The molecule has 3 rings (SSSR count). The second kappa shape index (κ2) is 8.20. The molecule has 8 heteroatoms. The first-order chi connectivity index (χ1) is 12.4. The lowest BCUT2D eigenvalue weighted by molar-refractivity contribution is -0.131. The molecule has 0 unspecified atom stereocenters. The van der Waals surface area contributed by atoms with E-state index in [4.69, 9.17) is 4.74 Å². The number of amidine groups is 1. The topological polar surface area (TPSA) is 67.8 Å². The number of aliphatic imine (C=N–C) groups is 1. The Labute approximate surface area is 171 Å². The minimum Gasteiger partial charge on any atom is -0.426 e. The van der Waals surface area contributed by atoms with Crippen LogP contribution >= 0.6 is 43.6 Å². The van der Waals surface area contributed by atoms with E-state index < -0.39 is 5.97 Å². The number of benzene rings is 2. The van der Waals surface area contributed by atoms with Gasteiger partial charge in [-0.2, -0.15) is 0 Å². The molecule has 1 aliphatic heterocycles. The molecule has 132 valence electrons. The molecule has 2 aromatic carbocycles. The number of esters is 1. The van der Waals surface area contributed by atoms with Crippen molar-refractivity contribution in [3.63, 3.8) is 0 Å². The van der Waals surface area contributed by atoms with Crippen molar-refractivity contribution < 1.29 is 14.3 Å². The Morgan fingerprint density at radius 1 is 1.15 bits per heavy atom. The molecule has 0 atom stereocenters. The number of amides is 1. The lowest BCUT2D eigenvalue weighted by atomic mass is 10.2. The normalized spacial score (nSPS) is 16.8. The number of rotatable bonds is 3. The van der Waals surface area contributed by atoms with E-state index in [2.05, 4.69) is 42.2 Å². The zero-order valence-electron chi connectivity index (χ0n) is 13.5. The van der Waals surface area contributed by atoms with E-state index in [0.717, 1.165) is 14.6 Å². The van der Waals surface area contributed by atoms with Gasteiger partial charge < -0.3 is 10.1 Å². The Morgan fingerprint density at radius 2 is 1.85 bits per heavy atom. The molecule has 0 saturated carbocycles. The summed E-state index contributed by atoms with van der Waals surface area (Å²) in [4.78, 5) is 28.4. The minimum absolute atomic E-state index is 0.250. The number of halogens is 2. The van der Waals surface area contributed by atoms with E-state index >= 15 is 0 Å². The molecule has 1 saturated heterocycles. The molecule has 0 aliphatic carbocycles. The number of hydrogen-bond acceptors (Lipinski definition) is 5. The van der Waals surface area contributed by atoms with Crippen LogP contribution in [-0.4, -0.2) is 17.0 Å². The maximum absolute atomic E-state index is 12.2. The molecule has 1 aliphatic rings. The number of carbonyl (C=O) groups is 2. The molecule has 0 spiro atoms. The monoisotopic (exact) mass is 494 g/mol. The summed E-state index contributed by atoms with van der Waals surface area (Å²) in [5, 5.41) is 3.23. The van der Waals surface area contributed by atoms with Gasteiger partial charge in [-0.3, -0.25) is 9.59 Å². The van der Waals surface area contributed by atoms with Gasteiger partial charge in [-0.05, 0) is 60.3 Å². The van der Waals surface area contributed by atoms with Crippen molar-refractivity contribution in [3.05, 3.63) is 61.9 Å². The highest BCUT2D eigenvalue weighted by molar-refractivity contribution is 9.10. The smallest absolute Gasteiger partial charge is 0.308 e. The second-order valence-corrected chi connectivity index (χ2v) is 8.10. The average Bonchev–Trinajstić information content (AvgIpc) is 2.91. The summed E-state index contributed by atoms with van der Waals surface area (Å²) in [6.07, 6.45) is 1.67. The van der Waals surface area contributed by atoms with Gasteiger partial charge in [-0.1, -0.05) is 31.9 Å². The van der Waals surface area contributed by atoms with Crippen molar-refractivity contribution in [2.24, 2.45) is 4.99 Å². The van der Waals surface area contributed by atoms with Gasteiger partial charge in [0.15, 0.2) is 5.17 Å². The Bertz CT molecular complexity index is 940. The fourth-order valence-electron chi connectivity index (χ4n) is 2.13. The third-order valence-electron chi connectivity index (χ3n) is 3.22. The highest BCUT2D eigenvalue weighted by atomic mass is 79.9. The first kappa shape index (κ1) is 18.9. The average molecular weight is 496 g/mol. The number of nitrogens with one attached hydrogen (secondary N) is 1. The lowest BCUT2D eigenvalue weighted by Gasteiger charge is -2.06. The van der Waals surface area contributed by atoms with E-state index in [9.17, 15) is 9.59 Å². The highest BCUT2D eigenvalue weighted by Gasteiger charge is 2.24. The van der Waals surface area contributed by atoms with E-state index in [1.54, 1.807) is 24.3 Å². The minimum atomic E-state index is -0.423. The predicted molar refractivity (Wildman–Crippen MR) is 110 cm³/mol. The van der Waals surface area contributed by atoms with Gasteiger partial charge in [0.25, 0.3) is 5.91 Å². The molecular formula is C18H12Br2N2O3S. The van der Waals surface area contributed by atoms with Crippen LogP contribution < -0.4 is 10.1 Å². The van der Waals surface area contributed by atoms with Crippen LogP contribution in [0.15, 0.2) is 61.3 Å². The summed E-state index contributed by atoms with van der Waals surface area (Å²) < 4.78 is 6.97. The summed E-state index contributed by atoms with van der Waals surface area (Å²) >= 11 is 7.98. The Hall–Kier alpha value is -1.90. The van der Waals surface area contributed by atoms with Crippen LogP contribution in [0.2, 0.25) is 0 Å². The number of thioether (sulfide) groups is 1. The highest BCUT2D eigenvalue weighted by Crippen LogP contribution is 2.32. The SMILES string of the molecule is CC(=O)Oc1ccc(Br)cc1/C=C1\SC(=Nc2ccc(Br)cc2)NC1=O. The van der Waals surface area contributed by atoms with E-state index in [-0.39, 0.29) is 5.91 Å². The van der Waals surface area contributed by atoms with Gasteiger partial charge in [-0.25, -0.2) is 4.99 Å². The van der Waals surface area contributed by atoms with Crippen LogP contribution in [0, 0.1) is 0 Å². The molecule has 2 aromatic rings. The van der Waals surface area contributed by atoms with Crippen molar-refractivity contribution in [2.45, 2.75) is 6.92 Å². The Kier molecular flexibility index (Phi) is 5.95. The van der Waals surface area contributed by atoms with Gasteiger partial charge in [0.2, 0.25) is 0 Å². The molecule has 5 nitrogen and oxygen atoms in total. The van der Waals surface area contributed by atoms with Crippen molar-refractivity contribution in [1.29, 1.82) is 0 Å². The summed E-state index contributed by atoms with van der Waals surface area (Å²) in [6, 6.07) is 12.7. The molecule has 1 fully saturated rings. The van der Waals surface area contributed by atoms with Gasteiger partial charge in [0, 0.05) is 21.4 Å². The third kappa shape index (κ3) is 4.84. The van der Waals surface area contributed by atoms with Crippen molar-refractivity contribution in [3.8, 4) is 5.75 Å². The summed E-state index contributed by atoms with van der Waals surface area (Å²) in [6.45, 7) is 1.33. The van der Waals surface area contributed by atoms with E-state index in [0.29, 0.717) is 21.4 Å². The number of nitrogens with zero attached hydrogens (tertiary/aromatic N) is 1. The molecule has 0 aromatic heterocycles. The quantitative estimate of drug-likeness (QED) is 0.368. The van der Waals surface area contributed by atoms with Crippen LogP contribution in [0.1, 0.15) is 12.5 Å². The summed E-state index contributed by atoms with van der Waals surface area (Å²) in [5.41, 5.74) is 1.36. The van der Waals surface area contributed by atoms with Gasteiger partial charge in [-0.15, -0.1) is 0 Å². The standard InChI is InChI=1S/C18H12Br2N2O3S/c1-10(23)25-15-7-4-13(20)8-11(15)9-16-17(24)22-18(26-16)21-14-5-2-12(19)3-6-14/h2-9H,1H3,(H,21,22,24)/b16-9-. The van der Waals surface area contributed by atoms with E-state index in [1.807, 2.05) is 24.3 Å². The first-order valence-corrected chi connectivity index (χ1v) is 9.84. The predicted octanol–water partition coefficient (Wildman–Crippen LogP) is 5.03.